The molecule has 176 valence electrons. The molecule has 0 aliphatic heterocycles. The fourth-order valence-corrected chi connectivity index (χ4v) is 1.88. The zero-order chi connectivity index (χ0) is 24.9. The Kier molecular flexibility index (Phi) is 16.5. The van der Waals surface area contributed by atoms with Gasteiger partial charge in [0.15, 0.2) is 11.6 Å². The summed E-state index contributed by atoms with van der Waals surface area (Å²) in [5.41, 5.74) is 4.82. The Hall–Kier alpha value is -4.00. The maximum absolute atomic E-state index is 10.7. The number of nitrogens with zero attached hydrogens (tertiary/aromatic N) is 4. The Balaban J connectivity index is 0.000000495. The van der Waals surface area contributed by atoms with Crippen molar-refractivity contribution in [3.8, 4) is 0 Å². The molecule has 0 amide bonds. The summed E-state index contributed by atoms with van der Waals surface area (Å²) in [7, 11) is 7.30. The molecule has 0 bridgehead atoms. The molecule has 2 rings (SSSR count). The quantitative estimate of drug-likeness (QED) is 0.375. The van der Waals surface area contributed by atoms with Crippen LogP contribution in [-0.2, 0) is 9.59 Å². The van der Waals surface area contributed by atoms with Gasteiger partial charge in [-0.1, -0.05) is 60.7 Å². The van der Waals surface area contributed by atoms with E-state index in [1.165, 1.54) is 26.0 Å². The molecule has 0 radical (unpaired) electrons. The smallest absolute Gasteiger partial charge is 0.154 e. The summed E-state index contributed by atoms with van der Waals surface area (Å²) in [6, 6.07) is 19.7. The molecule has 0 spiro atoms. The van der Waals surface area contributed by atoms with Crippen LogP contribution < -0.4 is 5.43 Å². The van der Waals surface area contributed by atoms with Crippen molar-refractivity contribution < 1.29 is 9.59 Å². The molecular formula is C26H35N5O2. The van der Waals surface area contributed by atoms with Gasteiger partial charge in [-0.3, -0.25) is 14.6 Å². The first kappa shape index (κ1) is 29.0. The highest BCUT2D eigenvalue weighted by molar-refractivity contribution is 5.87. The van der Waals surface area contributed by atoms with E-state index in [2.05, 4.69) is 15.6 Å². The zero-order valence-corrected chi connectivity index (χ0v) is 20.3. The molecular weight excluding hydrogens is 414 g/mol. The summed E-state index contributed by atoms with van der Waals surface area (Å²) >= 11 is 0. The van der Waals surface area contributed by atoms with Gasteiger partial charge in [-0.25, -0.2) is 0 Å². The number of ketones is 2. The Morgan fingerprint density at radius 3 is 1.61 bits per heavy atom. The fraction of sp³-hybridized carbons (Fsp3) is 0.231. The minimum Gasteiger partial charge on any atom is -0.383 e. The van der Waals surface area contributed by atoms with Crippen molar-refractivity contribution in [1.29, 1.82) is 0 Å². The average molecular weight is 450 g/mol. The molecule has 0 aliphatic rings. The van der Waals surface area contributed by atoms with Crippen LogP contribution in [0.5, 0.6) is 0 Å². The highest BCUT2D eigenvalue weighted by Crippen LogP contribution is 1.95. The summed E-state index contributed by atoms with van der Waals surface area (Å²) in [4.78, 5) is 22.7. The van der Waals surface area contributed by atoms with Crippen molar-refractivity contribution in [2.24, 2.45) is 10.2 Å². The van der Waals surface area contributed by atoms with Crippen LogP contribution in [0.3, 0.4) is 0 Å². The Morgan fingerprint density at radius 1 is 0.758 bits per heavy atom. The summed E-state index contributed by atoms with van der Waals surface area (Å²) in [6.07, 6.45) is 9.87. The van der Waals surface area contributed by atoms with Crippen LogP contribution in [0, 0.1) is 0 Å². The SMILES string of the molecule is CC(=O)/C=C/N(C)/N=C\c1ccccc1.CC(=O)/C=C/N(C)C.CN/N=C\c1ccccc1. The molecule has 0 heterocycles. The average Bonchev–Trinajstić information content (AvgIpc) is 2.81. The predicted molar refractivity (Wildman–Crippen MR) is 138 cm³/mol. The van der Waals surface area contributed by atoms with Crippen molar-refractivity contribution in [3.63, 3.8) is 0 Å². The van der Waals surface area contributed by atoms with Crippen LogP contribution >= 0.6 is 0 Å². The van der Waals surface area contributed by atoms with Crippen molar-refractivity contribution in [2.75, 3.05) is 28.2 Å². The fourth-order valence-electron chi connectivity index (χ4n) is 1.88. The largest absolute Gasteiger partial charge is 0.383 e. The number of hydrogen-bond acceptors (Lipinski definition) is 7. The van der Waals surface area contributed by atoms with Crippen molar-refractivity contribution in [2.45, 2.75) is 13.8 Å². The van der Waals surface area contributed by atoms with E-state index in [0.29, 0.717) is 0 Å². The lowest BCUT2D eigenvalue weighted by molar-refractivity contribution is -0.113. The van der Waals surface area contributed by atoms with E-state index in [0.717, 1.165) is 11.1 Å². The molecule has 0 atom stereocenters. The van der Waals surface area contributed by atoms with E-state index in [-0.39, 0.29) is 11.6 Å². The number of nitrogens with one attached hydrogen (secondary N) is 1. The third-order valence-electron chi connectivity index (χ3n) is 3.46. The molecule has 1 N–H and O–H groups in total. The first-order valence-corrected chi connectivity index (χ1v) is 10.3. The number of hydrogen-bond donors (Lipinski definition) is 1. The van der Waals surface area contributed by atoms with E-state index in [1.807, 2.05) is 79.7 Å². The van der Waals surface area contributed by atoms with Gasteiger partial charge in [0.1, 0.15) is 0 Å². The van der Waals surface area contributed by atoms with Gasteiger partial charge in [0.2, 0.25) is 0 Å². The normalized spacial score (nSPS) is 10.5. The van der Waals surface area contributed by atoms with Gasteiger partial charge >= 0.3 is 0 Å². The molecule has 33 heavy (non-hydrogen) atoms. The third-order valence-corrected chi connectivity index (χ3v) is 3.46. The number of allylic oxidation sites excluding steroid dienone is 2. The lowest BCUT2D eigenvalue weighted by Gasteiger charge is -2.04. The highest BCUT2D eigenvalue weighted by atomic mass is 16.1. The van der Waals surface area contributed by atoms with E-state index in [1.54, 1.807) is 43.9 Å². The molecule has 0 saturated heterocycles. The standard InChI is InChI=1S/C12H14N2O.C8H10N2.C6H11NO/c1-11(15)8-9-14(2)13-10-12-6-4-3-5-7-12;1-9-10-7-8-5-3-2-4-6-8;1-6(8)4-5-7(2)3/h3-10H,1-2H3;2-7,9H,1H3;4-5H,1-3H3/b9-8+,13-10-;10-7-;5-4+. The van der Waals surface area contributed by atoms with E-state index < -0.39 is 0 Å². The Bertz CT molecular complexity index is 905. The second kappa shape index (κ2) is 18.7. The van der Waals surface area contributed by atoms with E-state index >= 15 is 0 Å². The van der Waals surface area contributed by atoms with Crippen LogP contribution in [0.4, 0.5) is 0 Å². The monoisotopic (exact) mass is 449 g/mol. The van der Waals surface area contributed by atoms with Crippen LogP contribution in [0.25, 0.3) is 0 Å². The lowest BCUT2D eigenvalue weighted by Crippen LogP contribution is -2.02. The van der Waals surface area contributed by atoms with Gasteiger partial charge in [0.25, 0.3) is 0 Å². The maximum Gasteiger partial charge on any atom is 0.154 e. The minimum atomic E-state index is 0.0109. The number of hydrazone groups is 2. The molecule has 2 aromatic rings. The third kappa shape index (κ3) is 19.7. The lowest BCUT2D eigenvalue weighted by atomic mass is 10.2. The van der Waals surface area contributed by atoms with Crippen LogP contribution in [0.2, 0.25) is 0 Å². The minimum absolute atomic E-state index is 0.0109. The van der Waals surface area contributed by atoms with E-state index in [9.17, 15) is 9.59 Å². The topological polar surface area (TPSA) is 77.4 Å². The van der Waals surface area contributed by atoms with Gasteiger partial charge in [0.05, 0.1) is 12.4 Å². The predicted octanol–water partition coefficient (Wildman–Crippen LogP) is 3.95. The van der Waals surface area contributed by atoms with Crippen LogP contribution in [0.1, 0.15) is 25.0 Å². The van der Waals surface area contributed by atoms with E-state index in [4.69, 9.17) is 0 Å². The highest BCUT2D eigenvalue weighted by Gasteiger charge is 1.87. The molecule has 0 fully saturated rings. The van der Waals surface area contributed by atoms with Gasteiger partial charge in [-0.2, -0.15) is 10.2 Å². The molecule has 0 saturated carbocycles. The number of carbonyl (C=O) groups is 2. The van der Waals surface area contributed by atoms with Crippen molar-refractivity contribution >= 4 is 24.0 Å². The molecule has 2 aromatic carbocycles. The van der Waals surface area contributed by atoms with Gasteiger partial charge in [0, 0.05) is 40.6 Å². The molecule has 7 nitrogen and oxygen atoms in total. The summed E-state index contributed by atoms with van der Waals surface area (Å²) < 4.78 is 0. The second-order valence-corrected chi connectivity index (χ2v) is 6.94. The zero-order valence-electron chi connectivity index (χ0n) is 20.3. The van der Waals surface area contributed by atoms with Gasteiger partial charge in [-0.15, -0.1) is 0 Å². The van der Waals surface area contributed by atoms with Crippen LogP contribution in [0.15, 0.2) is 95.4 Å². The molecule has 7 heteroatoms. The maximum atomic E-state index is 10.7. The number of carbonyl (C=O) groups excluding carboxylic acids is 2. The second-order valence-electron chi connectivity index (χ2n) is 6.94. The Morgan fingerprint density at radius 2 is 1.21 bits per heavy atom. The summed E-state index contributed by atoms with van der Waals surface area (Å²) in [6.45, 7) is 3.03. The first-order chi connectivity index (χ1) is 15.7. The summed E-state index contributed by atoms with van der Waals surface area (Å²) in [5.74, 6) is 0.0930. The molecule has 0 aromatic heterocycles. The van der Waals surface area contributed by atoms with Crippen molar-refractivity contribution in [3.05, 3.63) is 96.3 Å². The van der Waals surface area contributed by atoms with Gasteiger partial charge < -0.3 is 10.3 Å². The van der Waals surface area contributed by atoms with Crippen molar-refractivity contribution in [1.82, 2.24) is 15.3 Å². The van der Waals surface area contributed by atoms with Gasteiger partial charge in [-0.05, 0) is 37.1 Å². The Labute approximate surface area is 197 Å². The number of rotatable bonds is 8. The van der Waals surface area contributed by atoms with Crippen LogP contribution in [-0.4, -0.2) is 62.1 Å². The first-order valence-electron chi connectivity index (χ1n) is 10.3. The molecule has 0 aliphatic carbocycles. The number of benzene rings is 2. The summed E-state index contributed by atoms with van der Waals surface area (Å²) in [5, 5.41) is 9.59. The molecule has 0 unspecified atom stereocenters.